The summed E-state index contributed by atoms with van der Waals surface area (Å²) in [5.74, 6) is -3.97. The molecule has 13 heteroatoms. The molecule has 0 aliphatic carbocycles. The van der Waals surface area contributed by atoms with Gasteiger partial charge < -0.3 is 24.9 Å². The van der Waals surface area contributed by atoms with Crippen LogP contribution in [0.4, 0.5) is 18.9 Å². The first-order chi connectivity index (χ1) is 17.8. The molecule has 0 saturated carbocycles. The lowest BCUT2D eigenvalue weighted by atomic mass is 9.80. The standard InChI is InChI=1S/C20H25F3N4O2S.C3H7NO.C2H4O/c1-20(2)11-26(3)8-7-16(20)25-30(29)15-10-27(4)18(17(15)23)19(28)24-12-5-6-13(21)14(22)9-12;1-2-4-3-5;1-2-3/h5-6,9-10,16,25H,7-8,11H2,1-4H3,(H,24,28);3H,2H2,1H3,(H,4,5);2H,1H3. The van der Waals surface area contributed by atoms with E-state index in [1.165, 1.54) is 30.8 Å². The number of amides is 2. The molecule has 3 rings (SSSR count). The Kier molecular flexibility index (Phi) is 13.4. The van der Waals surface area contributed by atoms with Crippen LogP contribution in [0.1, 0.15) is 44.6 Å². The molecule has 1 saturated heterocycles. The number of hydrogen-bond donors (Lipinski definition) is 3. The smallest absolute Gasteiger partial charge is 0.275 e. The molecule has 38 heavy (non-hydrogen) atoms. The van der Waals surface area contributed by atoms with Gasteiger partial charge in [-0.2, -0.15) is 0 Å². The molecule has 0 spiro atoms. The van der Waals surface area contributed by atoms with Crippen LogP contribution in [-0.4, -0.2) is 65.0 Å². The Bertz CT molecular complexity index is 1130. The number of aryl methyl sites for hydroxylation is 1. The van der Waals surface area contributed by atoms with Gasteiger partial charge in [0.2, 0.25) is 6.41 Å². The van der Waals surface area contributed by atoms with Crippen molar-refractivity contribution in [3.05, 3.63) is 47.5 Å². The molecule has 1 aliphatic rings. The molecular weight excluding hydrogens is 523 g/mol. The summed E-state index contributed by atoms with van der Waals surface area (Å²) in [7, 11) is 1.60. The maximum Gasteiger partial charge on any atom is 0.275 e. The Morgan fingerprint density at radius 2 is 1.82 bits per heavy atom. The molecule has 9 nitrogen and oxygen atoms in total. The summed E-state index contributed by atoms with van der Waals surface area (Å²) in [4.78, 5) is 32.7. The summed E-state index contributed by atoms with van der Waals surface area (Å²) in [6, 6.07) is 2.74. The number of nitrogens with zero attached hydrogens (tertiary/aromatic N) is 2. The number of likely N-dealkylation sites (tertiary alicyclic amines) is 1. The van der Waals surface area contributed by atoms with Gasteiger partial charge >= 0.3 is 0 Å². The van der Waals surface area contributed by atoms with Gasteiger partial charge in [-0.25, -0.2) is 22.1 Å². The van der Waals surface area contributed by atoms with Crippen molar-refractivity contribution in [1.82, 2.24) is 19.5 Å². The van der Waals surface area contributed by atoms with Crippen LogP contribution in [0.15, 0.2) is 29.3 Å². The first kappa shape index (κ1) is 33.0. The van der Waals surface area contributed by atoms with Crippen molar-refractivity contribution in [1.29, 1.82) is 0 Å². The van der Waals surface area contributed by atoms with Gasteiger partial charge in [-0.05, 0) is 51.4 Å². The second-order valence-corrected chi connectivity index (χ2v) is 10.4. The molecule has 1 fully saturated rings. The van der Waals surface area contributed by atoms with Crippen molar-refractivity contribution in [2.24, 2.45) is 12.5 Å². The molecule has 2 aromatic rings. The molecular formula is C25H36F3N5O4S. The maximum atomic E-state index is 15.0. The van der Waals surface area contributed by atoms with E-state index in [0.29, 0.717) is 6.41 Å². The molecule has 2 unspecified atom stereocenters. The molecule has 1 aromatic heterocycles. The molecule has 2 heterocycles. The van der Waals surface area contributed by atoms with Crippen molar-refractivity contribution < 1.29 is 31.8 Å². The molecule has 1 aromatic carbocycles. The van der Waals surface area contributed by atoms with E-state index < -0.39 is 34.3 Å². The van der Waals surface area contributed by atoms with E-state index in [1.54, 1.807) is 0 Å². The van der Waals surface area contributed by atoms with Gasteiger partial charge in [0.05, 0.1) is 0 Å². The average molecular weight is 560 g/mol. The number of hydrogen-bond acceptors (Lipinski definition) is 5. The summed E-state index contributed by atoms with van der Waals surface area (Å²) in [5.41, 5.74) is -0.540. The lowest BCUT2D eigenvalue weighted by Gasteiger charge is -2.42. The van der Waals surface area contributed by atoms with Crippen LogP contribution >= 0.6 is 0 Å². The van der Waals surface area contributed by atoms with Crippen LogP contribution in [-0.2, 0) is 27.6 Å². The minimum Gasteiger partial charge on any atom is -0.359 e. The Hall–Kier alpha value is -3.03. The highest BCUT2D eigenvalue weighted by Gasteiger charge is 2.36. The zero-order chi connectivity index (χ0) is 29.0. The zero-order valence-electron chi connectivity index (χ0n) is 22.4. The normalized spacial score (nSPS) is 17.1. The second kappa shape index (κ2) is 15.4. The van der Waals surface area contributed by atoms with Crippen LogP contribution < -0.4 is 15.4 Å². The molecule has 1 aliphatic heterocycles. The Balaban J connectivity index is 0.000000794. The molecule has 0 bridgehead atoms. The van der Waals surface area contributed by atoms with Crippen molar-refractivity contribution in [2.45, 2.75) is 45.1 Å². The first-order valence-corrected chi connectivity index (χ1v) is 13.0. The Morgan fingerprint density at radius 3 is 2.32 bits per heavy atom. The Labute approximate surface area is 223 Å². The van der Waals surface area contributed by atoms with E-state index >= 15 is 0 Å². The number of carbonyl (C=O) groups is 3. The van der Waals surface area contributed by atoms with E-state index in [2.05, 4.69) is 34.1 Å². The van der Waals surface area contributed by atoms with Crippen LogP contribution in [0.5, 0.6) is 0 Å². The van der Waals surface area contributed by atoms with E-state index in [4.69, 9.17) is 4.79 Å². The highest BCUT2D eigenvalue weighted by molar-refractivity contribution is 7.83. The third kappa shape index (κ3) is 9.37. The van der Waals surface area contributed by atoms with Crippen LogP contribution in [0.25, 0.3) is 0 Å². The predicted molar refractivity (Wildman–Crippen MR) is 140 cm³/mol. The maximum absolute atomic E-state index is 15.0. The second-order valence-electron chi connectivity index (χ2n) is 9.22. The predicted octanol–water partition coefficient (Wildman–Crippen LogP) is 2.99. The fraction of sp³-hybridized carbons (Fsp3) is 0.480. The summed E-state index contributed by atoms with van der Waals surface area (Å²) >= 11 is 0. The monoisotopic (exact) mass is 559 g/mol. The van der Waals surface area contributed by atoms with Gasteiger partial charge in [0.1, 0.15) is 27.9 Å². The van der Waals surface area contributed by atoms with Gasteiger partial charge in [-0.3, -0.25) is 9.59 Å². The molecule has 0 radical (unpaired) electrons. The molecule has 212 valence electrons. The number of halogens is 3. The fourth-order valence-corrected chi connectivity index (χ4v) is 5.18. The van der Waals surface area contributed by atoms with Gasteiger partial charge in [-0.15, -0.1) is 0 Å². The molecule has 2 atom stereocenters. The molecule has 3 N–H and O–H groups in total. The quantitative estimate of drug-likeness (QED) is 0.452. The van der Waals surface area contributed by atoms with Crippen LogP contribution in [0.2, 0.25) is 0 Å². The highest BCUT2D eigenvalue weighted by Crippen LogP contribution is 2.30. The van der Waals surface area contributed by atoms with Crippen LogP contribution in [0, 0.1) is 22.9 Å². The number of rotatable bonds is 7. The number of anilines is 1. The van der Waals surface area contributed by atoms with E-state index in [-0.39, 0.29) is 27.7 Å². The Morgan fingerprint density at radius 1 is 1.18 bits per heavy atom. The summed E-state index contributed by atoms with van der Waals surface area (Å²) in [6.45, 7) is 9.79. The van der Waals surface area contributed by atoms with Gasteiger partial charge in [0.25, 0.3) is 5.91 Å². The van der Waals surface area contributed by atoms with Crippen molar-refractivity contribution >= 4 is 35.3 Å². The zero-order valence-corrected chi connectivity index (χ0v) is 23.3. The van der Waals surface area contributed by atoms with Crippen molar-refractivity contribution in [3.63, 3.8) is 0 Å². The number of nitrogens with one attached hydrogen (secondary N) is 3. The van der Waals surface area contributed by atoms with E-state index in [0.717, 1.165) is 44.5 Å². The van der Waals surface area contributed by atoms with Gasteiger partial charge in [0.15, 0.2) is 17.5 Å². The number of piperidine rings is 1. The number of benzene rings is 1. The van der Waals surface area contributed by atoms with Crippen molar-refractivity contribution in [2.75, 3.05) is 32.0 Å². The summed E-state index contributed by atoms with van der Waals surface area (Å²) < 4.78 is 58.5. The minimum absolute atomic E-state index is 0.0200. The van der Waals surface area contributed by atoms with Crippen molar-refractivity contribution in [3.8, 4) is 0 Å². The largest absolute Gasteiger partial charge is 0.359 e. The topological polar surface area (TPSA) is 113 Å². The van der Waals surface area contributed by atoms with E-state index in [9.17, 15) is 27.0 Å². The number of aldehydes is 1. The van der Waals surface area contributed by atoms with Crippen LogP contribution in [0.3, 0.4) is 0 Å². The highest BCUT2D eigenvalue weighted by atomic mass is 32.2. The lowest BCUT2D eigenvalue weighted by Crippen LogP contribution is -2.53. The average Bonchev–Trinajstić information content (AvgIpc) is 3.13. The summed E-state index contributed by atoms with van der Waals surface area (Å²) in [6.07, 6.45) is 3.48. The minimum atomic E-state index is -1.86. The third-order valence-corrected chi connectivity index (χ3v) is 6.82. The number of aromatic nitrogens is 1. The molecule has 2 amide bonds. The van der Waals surface area contributed by atoms with Gasteiger partial charge in [0, 0.05) is 44.1 Å². The summed E-state index contributed by atoms with van der Waals surface area (Å²) in [5, 5.41) is 4.76. The SMILES string of the molecule is CC=O.CCNC=O.CN1CCC(NS(=O)c2cn(C)c(C(=O)Nc3ccc(F)c(F)c3)c2F)C(C)(C)C1. The van der Waals surface area contributed by atoms with E-state index in [1.807, 2.05) is 14.0 Å². The fourth-order valence-electron chi connectivity index (χ4n) is 3.84. The van der Waals surface area contributed by atoms with Gasteiger partial charge in [-0.1, -0.05) is 13.8 Å². The number of carbonyl (C=O) groups excluding carboxylic acids is 3. The first-order valence-electron chi connectivity index (χ1n) is 11.9. The lowest BCUT2D eigenvalue weighted by molar-refractivity contribution is -0.109. The third-order valence-electron chi connectivity index (χ3n) is 5.64.